The van der Waals surface area contributed by atoms with E-state index in [0.29, 0.717) is 19.2 Å². The van der Waals surface area contributed by atoms with Crippen molar-refractivity contribution in [1.29, 1.82) is 0 Å². The van der Waals surface area contributed by atoms with Crippen LogP contribution in [0.4, 0.5) is 5.95 Å². The number of para-hydroxylation sites is 3. The number of ether oxygens (including phenoxy) is 2. The van der Waals surface area contributed by atoms with Crippen molar-refractivity contribution in [3.8, 4) is 5.75 Å². The lowest BCUT2D eigenvalue weighted by atomic mass is 10.1. The van der Waals surface area contributed by atoms with Crippen LogP contribution in [0, 0.1) is 0 Å². The fourth-order valence-electron chi connectivity index (χ4n) is 3.11. The van der Waals surface area contributed by atoms with E-state index < -0.39 is 0 Å². The highest BCUT2D eigenvalue weighted by molar-refractivity contribution is 5.92. The second-order valence-electron chi connectivity index (χ2n) is 6.42. The molecule has 0 saturated heterocycles. The number of aromatic nitrogens is 2. The molecular weight excluding hydrogens is 354 g/mol. The Balaban J connectivity index is 1.69. The van der Waals surface area contributed by atoms with E-state index in [9.17, 15) is 4.79 Å². The van der Waals surface area contributed by atoms with Crippen LogP contribution in [-0.2, 0) is 22.5 Å². The number of hydrogen-bond acceptors (Lipinski definition) is 4. The third kappa shape index (κ3) is 4.89. The molecule has 1 aromatic heterocycles. The SMILES string of the molecule is CCOCCCn1c(NC(=O)COc2ccccc2CC)nc2ccccc21. The molecule has 0 atom stereocenters. The number of rotatable bonds is 10. The van der Waals surface area contributed by atoms with E-state index in [2.05, 4.69) is 17.2 Å². The first-order chi connectivity index (χ1) is 13.7. The van der Waals surface area contributed by atoms with Crippen LogP contribution in [-0.4, -0.2) is 35.3 Å². The fraction of sp³-hybridized carbons (Fsp3) is 0.364. The summed E-state index contributed by atoms with van der Waals surface area (Å²) in [6, 6.07) is 15.6. The first kappa shape index (κ1) is 19.9. The Bertz CT molecular complexity index is 920. The van der Waals surface area contributed by atoms with Gasteiger partial charge in [0.25, 0.3) is 5.91 Å². The lowest BCUT2D eigenvalue weighted by Crippen LogP contribution is -2.23. The standard InChI is InChI=1S/C22H27N3O3/c1-3-17-10-5-8-13-20(17)28-16-21(26)24-22-23-18-11-6-7-12-19(18)25(22)14-9-15-27-4-2/h5-8,10-13H,3-4,9,14-16H2,1-2H3,(H,23,24,26). The summed E-state index contributed by atoms with van der Waals surface area (Å²) in [5.41, 5.74) is 2.93. The minimum Gasteiger partial charge on any atom is -0.483 e. The van der Waals surface area contributed by atoms with E-state index in [1.807, 2.05) is 60.0 Å². The summed E-state index contributed by atoms with van der Waals surface area (Å²) in [5.74, 6) is 1.05. The Kier molecular flexibility index (Phi) is 7.03. The van der Waals surface area contributed by atoms with Crippen molar-refractivity contribution >= 4 is 22.9 Å². The number of nitrogens with one attached hydrogen (secondary N) is 1. The first-order valence-electron chi connectivity index (χ1n) is 9.76. The van der Waals surface area contributed by atoms with Crippen LogP contribution in [0.1, 0.15) is 25.8 Å². The second kappa shape index (κ2) is 9.90. The Morgan fingerprint density at radius 2 is 1.89 bits per heavy atom. The predicted octanol–water partition coefficient (Wildman–Crippen LogP) is 4.04. The summed E-state index contributed by atoms with van der Waals surface area (Å²) in [4.78, 5) is 17.1. The minimum atomic E-state index is -0.229. The highest BCUT2D eigenvalue weighted by Gasteiger charge is 2.14. The highest BCUT2D eigenvalue weighted by atomic mass is 16.5. The third-order valence-corrected chi connectivity index (χ3v) is 4.49. The number of anilines is 1. The summed E-state index contributed by atoms with van der Waals surface area (Å²) in [6.07, 6.45) is 1.70. The van der Waals surface area contributed by atoms with E-state index in [0.717, 1.165) is 41.7 Å². The first-order valence-corrected chi connectivity index (χ1v) is 9.76. The number of hydrogen-bond donors (Lipinski definition) is 1. The molecule has 6 heteroatoms. The molecule has 3 rings (SSSR count). The molecule has 3 aromatic rings. The van der Waals surface area contributed by atoms with E-state index in [1.165, 1.54) is 0 Å². The number of fused-ring (bicyclic) bond motifs is 1. The lowest BCUT2D eigenvalue weighted by molar-refractivity contribution is -0.118. The molecule has 1 N–H and O–H groups in total. The van der Waals surface area contributed by atoms with Crippen molar-refractivity contribution in [1.82, 2.24) is 9.55 Å². The van der Waals surface area contributed by atoms with Crippen molar-refractivity contribution < 1.29 is 14.3 Å². The van der Waals surface area contributed by atoms with Crippen molar-refractivity contribution in [2.45, 2.75) is 33.2 Å². The lowest BCUT2D eigenvalue weighted by Gasteiger charge is -2.12. The largest absolute Gasteiger partial charge is 0.483 e. The second-order valence-corrected chi connectivity index (χ2v) is 6.42. The van der Waals surface area contributed by atoms with Gasteiger partial charge in [0.15, 0.2) is 6.61 Å². The average Bonchev–Trinajstić information content (AvgIpc) is 3.07. The number of amides is 1. The molecule has 0 unspecified atom stereocenters. The minimum absolute atomic E-state index is 0.0564. The molecule has 28 heavy (non-hydrogen) atoms. The molecule has 2 aromatic carbocycles. The molecule has 0 fully saturated rings. The normalized spacial score (nSPS) is 10.9. The number of aryl methyl sites for hydroxylation is 2. The number of carbonyl (C=O) groups excluding carboxylic acids is 1. The fourth-order valence-corrected chi connectivity index (χ4v) is 3.11. The Morgan fingerprint density at radius 3 is 2.71 bits per heavy atom. The average molecular weight is 381 g/mol. The zero-order chi connectivity index (χ0) is 19.8. The van der Waals surface area contributed by atoms with Crippen LogP contribution >= 0.6 is 0 Å². The number of imidazole rings is 1. The summed E-state index contributed by atoms with van der Waals surface area (Å²) in [5, 5.41) is 2.90. The topological polar surface area (TPSA) is 65.4 Å². The van der Waals surface area contributed by atoms with E-state index in [-0.39, 0.29) is 12.5 Å². The smallest absolute Gasteiger partial charge is 0.264 e. The summed E-state index contributed by atoms with van der Waals surface area (Å²) in [7, 11) is 0. The van der Waals surface area contributed by atoms with Crippen LogP contribution in [0.25, 0.3) is 11.0 Å². The number of carbonyl (C=O) groups is 1. The molecule has 6 nitrogen and oxygen atoms in total. The van der Waals surface area contributed by atoms with E-state index >= 15 is 0 Å². The highest BCUT2D eigenvalue weighted by Crippen LogP contribution is 2.21. The van der Waals surface area contributed by atoms with Crippen molar-refractivity contribution in [3.05, 3.63) is 54.1 Å². The monoisotopic (exact) mass is 381 g/mol. The van der Waals surface area contributed by atoms with Gasteiger partial charge in [-0.1, -0.05) is 37.3 Å². The maximum Gasteiger partial charge on any atom is 0.264 e. The molecule has 0 radical (unpaired) electrons. The maximum absolute atomic E-state index is 12.5. The summed E-state index contributed by atoms with van der Waals surface area (Å²) in [6.45, 7) is 6.08. The van der Waals surface area contributed by atoms with Gasteiger partial charge in [-0.05, 0) is 43.5 Å². The molecule has 0 aliphatic heterocycles. The Labute approximate surface area is 165 Å². The van der Waals surface area contributed by atoms with Crippen LogP contribution < -0.4 is 10.1 Å². The quantitative estimate of drug-likeness (QED) is 0.538. The van der Waals surface area contributed by atoms with Crippen LogP contribution in [0.3, 0.4) is 0 Å². The zero-order valence-electron chi connectivity index (χ0n) is 16.5. The third-order valence-electron chi connectivity index (χ3n) is 4.49. The van der Waals surface area contributed by atoms with Crippen molar-refractivity contribution in [2.24, 2.45) is 0 Å². The molecule has 0 aliphatic carbocycles. The van der Waals surface area contributed by atoms with Crippen LogP contribution in [0.15, 0.2) is 48.5 Å². The van der Waals surface area contributed by atoms with Crippen LogP contribution in [0.2, 0.25) is 0 Å². The molecule has 0 saturated carbocycles. The van der Waals surface area contributed by atoms with Gasteiger partial charge >= 0.3 is 0 Å². The number of benzene rings is 2. The summed E-state index contributed by atoms with van der Waals surface area (Å²) >= 11 is 0. The molecule has 148 valence electrons. The van der Waals surface area contributed by atoms with E-state index in [1.54, 1.807) is 0 Å². The van der Waals surface area contributed by atoms with Gasteiger partial charge in [0.1, 0.15) is 5.75 Å². The molecule has 0 aliphatic rings. The summed E-state index contributed by atoms with van der Waals surface area (Å²) < 4.78 is 13.2. The van der Waals surface area contributed by atoms with Crippen LogP contribution in [0.5, 0.6) is 5.75 Å². The number of nitrogens with zero attached hydrogens (tertiary/aromatic N) is 2. The van der Waals surface area contributed by atoms with Gasteiger partial charge in [-0.2, -0.15) is 0 Å². The van der Waals surface area contributed by atoms with Gasteiger partial charge in [-0.25, -0.2) is 4.98 Å². The molecule has 1 amide bonds. The molecule has 1 heterocycles. The van der Waals surface area contributed by atoms with E-state index in [4.69, 9.17) is 9.47 Å². The zero-order valence-corrected chi connectivity index (χ0v) is 16.5. The van der Waals surface area contributed by atoms with Gasteiger partial charge in [-0.3, -0.25) is 10.1 Å². The van der Waals surface area contributed by atoms with Gasteiger partial charge in [0.05, 0.1) is 11.0 Å². The van der Waals surface area contributed by atoms with Gasteiger partial charge < -0.3 is 14.0 Å². The van der Waals surface area contributed by atoms with Gasteiger partial charge in [-0.15, -0.1) is 0 Å². The maximum atomic E-state index is 12.5. The molecule has 0 bridgehead atoms. The van der Waals surface area contributed by atoms with Crippen molar-refractivity contribution in [3.63, 3.8) is 0 Å². The Hall–Kier alpha value is -2.86. The van der Waals surface area contributed by atoms with Gasteiger partial charge in [0.2, 0.25) is 5.95 Å². The predicted molar refractivity (Wildman–Crippen MR) is 111 cm³/mol. The molecule has 0 spiro atoms. The Morgan fingerprint density at radius 1 is 1.11 bits per heavy atom. The van der Waals surface area contributed by atoms with Gasteiger partial charge in [0, 0.05) is 19.8 Å². The molecular formula is C22H27N3O3. The van der Waals surface area contributed by atoms with Crippen molar-refractivity contribution in [2.75, 3.05) is 25.1 Å².